The van der Waals surface area contributed by atoms with Crippen LogP contribution in [0.3, 0.4) is 0 Å². The van der Waals surface area contributed by atoms with Crippen LogP contribution in [0.1, 0.15) is 12.0 Å². The molecule has 2 N–H and O–H groups in total. The van der Waals surface area contributed by atoms with Gasteiger partial charge in [0.15, 0.2) is 0 Å². The van der Waals surface area contributed by atoms with Crippen LogP contribution in [-0.2, 0) is 11.2 Å². The van der Waals surface area contributed by atoms with Crippen molar-refractivity contribution in [2.45, 2.75) is 18.9 Å². The third-order valence-corrected chi connectivity index (χ3v) is 5.29. The van der Waals surface area contributed by atoms with E-state index < -0.39 is 0 Å². The van der Waals surface area contributed by atoms with Crippen molar-refractivity contribution in [2.75, 3.05) is 36.5 Å². The van der Waals surface area contributed by atoms with Gasteiger partial charge in [-0.2, -0.15) is 0 Å². The lowest BCUT2D eigenvalue weighted by Gasteiger charge is -2.36. The van der Waals surface area contributed by atoms with Crippen LogP contribution < -0.4 is 20.3 Å². The van der Waals surface area contributed by atoms with E-state index in [1.807, 2.05) is 42.5 Å². The van der Waals surface area contributed by atoms with Crippen LogP contribution in [0.5, 0.6) is 5.75 Å². The van der Waals surface area contributed by atoms with Gasteiger partial charge in [0.05, 0.1) is 24.0 Å². The average molecular weight is 372 g/mol. The van der Waals surface area contributed by atoms with Crippen LogP contribution in [0.15, 0.2) is 42.5 Å². The van der Waals surface area contributed by atoms with Gasteiger partial charge in [0.2, 0.25) is 5.91 Å². The molecule has 136 valence electrons. The second-order valence-corrected chi connectivity index (χ2v) is 7.08. The standard InChI is InChI=1S/C20H22ClN3O2/c21-17-4-2-1-3-14(17)7-10-26-16-5-6-18-19(12-16)24-9-8-22-13-15(24)11-20(25)23-18/h1-6,12,15,22H,7-11,13H2,(H,23,25). The quantitative estimate of drug-likeness (QED) is 0.867. The maximum atomic E-state index is 12.1. The minimum Gasteiger partial charge on any atom is -0.493 e. The van der Waals surface area contributed by atoms with Gasteiger partial charge >= 0.3 is 0 Å². The molecule has 1 fully saturated rings. The molecule has 2 aliphatic heterocycles. The molecule has 4 rings (SSSR count). The van der Waals surface area contributed by atoms with Gasteiger partial charge in [-0.25, -0.2) is 0 Å². The Kier molecular flexibility index (Phi) is 5.00. The number of nitrogens with zero attached hydrogens (tertiary/aromatic N) is 1. The van der Waals surface area contributed by atoms with E-state index in [4.69, 9.17) is 16.3 Å². The molecule has 26 heavy (non-hydrogen) atoms. The fraction of sp³-hybridized carbons (Fsp3) is 0.350. The van der Waals surface area contributed by atoms with E-state index in [0.29, 0.717) is 13.0 Å². The number of rotatable bonds is 4. The van der Waals surface area contributed by atoms with Gasteiger partial charge in [0.25, 0.3) is 0 Å². The van der Waals surface area contributed by atoms with Crippen molar-refractivity contribution >= 4 is 28.9 Å². The first-order chi connectivity index (χ1) is 12.7. The molecule has 1 saturated heterocycles. The molecule has 0 spiro atoms. The minimum atomic E-state index is 0.0647. The highest BCUT2D eigenvalue weighted by Crippen LogP contribution is 2.35. The van der Waals surface area contributed by atoms with Gasteiger partial charge < -0.3 is 20.3 Å². The Hall–Kier alpha value is -2.24. The summed E-state index contributed by atoms with van der Waals surface area (Å²) in [5, 5.41) is 7.15. The summed E-state index contributed by atoms with van der Waals surface area (Å²) in [7, 11) is 0. The number of hydrogen-bond acceptors (Lipinski definition) is 4. The summed E-state index contributed by atoms with van der Waals surface area (Å²) in [6.45, 7) is 3.18. The molecule has 0 radical (unpaired) electrons. The fourth-order valence-corrected chi connectivity index (χ4v) is 3.83. The van der Waals surface area contributed by atoms with Gasteiger partial charge in [-0.05, 0) is 23.8 Å². The lowest BCUT2D eigenvalue weighted by molar-refractivity contribution is -0.116. The third kappa shape index (κ3) is 3.64. The monoisotopic (exact) mass is 371 g/mol. The normalized spacial score (nSPS) is 19.2. The van der Waals surface area contributed by atoms with E-state index in [9.17, 15) is 4.79 Å². The van der Waals surface area contributed by atoms with Crippen LogP contribution in [0.25, 0.3) is 0 Å². The number of halogens is 1. The van der Waals surface area contributed by atoms with E-state index in [2.05, 4.69) is 15.5 Å². The topological polar surface area (TPSA) is 53.6 Å². The molecular formula is C20H22ClN3O2. The molecule has 0 saturated carbocycles. The predicted octanol–water partition coefficient (Wildman–Crippen LogP) is 3.08. The van der Waals surface area contributed by atoms with Crippen molar-refractivity contribution in [2.24, 2.45) is 0 Å². The second kappa shape index (κ2) is 7.56. The molecule has 1 amide bonds. The van der Waals surface area contributed by atoms with Gasteiger partial charge in [0.1, 0.15) is 5.75 Å². The molecule has 6 heteroatoms. The average Bonchev–Trinajstić information content (AvgIpc) is 2.78. The molecule has 2 aromatic carbocycles. The molecule has 1 atom stereocenters. The number of amides is 1. The first-order valence-corrected chi connectivity index (χ1v) is 9.36. The Bertz CT molecular complexity index is 811. The number of benzene rings is 2. The van der Waals surface area contributed by atoms with Gasteiger partial charge in [-0.15, -0.1) is 0 Å². The molecule has 5 nitrogen and oxygen atoms in total. The van der Waals surface area contributed by atoms with E-state index in [-0.39, 0.29) is 11.9 Å². The zero-order chi connectivity index (χ0) is 17.9. The minimum absolute atomic E-state index is 0.0647. The van der Waals surface area contributed by atoms with Crippen LogP contribution in [0.2, 0.25) is 5.02 Å². The number of hydrogen-bond donors (Lipinski definition) is 2. The molecule has 1 unspecified atom stereocenters. The fourth-order valence-electron chi connectivity index (χ4n) is 3.60. The molecule has 2 aromatic rings. The number of fused-ring (bicyclic) bond motifs is 3. The summed E-state index contributed by atoms with van der Waals surface area (Å²) in [5.41, 5.74) is 2.98. The van der Waals surface area contributed by atoms with Crippen molar-refractivity contribution < 1.29 is 9.53 Å². The largest absolute Gasteiger partial charge is 0.493 e. The summed E-state index contributed by atoms with van der Waals surface area (Å²) in [6, 6.07) is 13.9. The summed E-state index contributed by atoms with van der Waals surface area (Å²) in [4.78, 5) is 14.4. The number of carbonyl (C=O) groups is 1. The smallest absolute Gasteiger partial charge is 0.226 e. The van der Waals surface area contributed by atoms with Gasteiger partial charge in [-0.3, -0.25) is 4.79 Å². The van der Waals surface area contributed by atoms with Crippen LogP contribution in [0.4, 0.5) is 11.4 Å². The van der Waals surface area contributed by atoms with Gasteiger partial charge in [0, 0.05) is 43.6 Å². The summed E-state index contributed by atoms with van der Waals surface area (Å²) in [5.74, 6) is 0.874. The number of nitrogens with one attached hydrogen (secondary N) is 2. The van der Waals surface area contributed by atoms with Crippen molar-refractivity contribution in [3.63, 3.8) is 0 Å². The first-order valence-electron chi connectivity index (χ1n) is 8.98. The van der Waals surface area contributed by atoms with Crippen molar-refractivity contribution in [3.05, 3.63) is 53.1 Å². The first kappa shape index (κ1) is 17.2. The van der Waals surface area contributed by atoms with Crippen LogP contribution in [0, 0.1) is 0 Å². The van der Waals surface area contributed by atoms with E-state index in [0.717, 1.165) is 53.8 Å². The Labute approximate surface area is 158 Å². The molecule has 2 aliphatic rings. The van der Waals surface area contributed by atoms with E-state index >= 15 is 0 Å². The lowest BCUT2D eigenvalue weighted by Crippen LogP contribution is -2.51. The molecule has 0 bridgehead atoms. The number of carbonyl (C=O) groups excluding carboxylic acids is 1. The van der Waals surface area contributed by atoms with E-state index in [1.165, 1.54) is 0 Å². The molecule has 0 aromatic heterocycles. The highest BCUT2D eigenvalue weighted by Gasteiger charge is 2.30. The number of piperazine rings is 1. The highest BCUT2D eigenvalue weighted by atomic mass is 35.5. The van der Waals surface area contributed by atoms with Crippen LogP contribution >= 0.6 is 11.6 Å². The van der Waals surface area contributed by atoms with Crippen LogP contribution in [-0.4, -0.2) is 38.2 Å². The summed E-state index contributed by atoms with van der Waals surface area (Å²) >= 11 is 6.20. The SMILES string of the molecule is O=C1CC2CNCCN2c2cc(OCCc3ccccc3Cl)ccc2N1. The predicted molar refractivity (Wildman–Crippen MR) is 104 cm³/mol. The molecule has 0 aliphatic carbocycles. The van der Waals surface area contributed by atoms with Crippen molar-refractivity contribution in [3.8, 4) is 5.75 Å². The Morgan fingerprint density at radius 1 is 1.23 bits per heavy atom. The second-order valence-electron chi connectivity index (χ2n) is 6.67. The third-order valence-electron chi connectivity index (χ3n) is 4.92. The number of ether oxygens (including phenoxy) is 1. The molecule has 2 heterocycles. The Balaban J connectivity index is 1.50. The maximum Gasteiger partial charge on any atom is 0.226 e. The van der Waals surface area contributed by atoms with E-state index in [1.54, 1.807) is 0 Å². The number of anilines is 2. The summed E-state index contributed by atoms with van der Waals surface area (Å²) in [6.07, 6.45) is 1.26. The summed E-state index contributed by atoms with van der Waals surface area (Å²) < 4.78 is 5.96. The highest BCUT2D eigenvalue weighted by molar-refractivity contribution is 6.31. The Morgan fingerprint density at radius 2 is 2.12 bits per heavy atom. The maximum absolute atomic E-state index is 12.1. The lowest BCUT2D eigenvalue weighted by atomic mass is 10.1. The molecular weight excluding hydrogens is 350 g/mol. The zero-order valence-electron chi connectivity index (χ0n) is 14.5. The Morgan fingerprint density at radius 3 is 3.00 bits per heavy atom. The zero-order valence-corrected chi connectivity index (χ0v) is 15.3. The van der Waals surface area contributed by atoms with Crippen molar-refractivity contribution in [1.29, 1.82) is 0 Å². The van der Waals surface area contributed by atoms with Crippen molar-refractivity contribution in [1.82, 2.24) is 5.32 Å². The van der Waals surface area contributed by atoms with Gasteiger partial charge in [-0.1, -0.05) is 29.8 Å².